The van der Waals surface area contributed by atoms with Gasteiger partial charge in [-0.2, -0.15) is 0 Å². The second-order valence-electron chi connectivity index (χ2n) is 6.73. The molecule has 7 heteroatoms. The number of benzene rings is 2. The van der Waals surface area contributed by atoms with Crippen molar-refractivity contribution in [3.8, 4) is 0 Å². The van der Waals surface area contributed by atoms with E-state index in [-0.39, 0.29) is 10.8 Å². The first-order valence-electron chi connectivity index (χ1n) is 8.98. The van der Waals surface area contributed by atoms with E-state index in [2.05, 4.69) is 11.3 Å². The molecule has 2 amide bonds. The van der Waals surface area contributed by atoms with E-state index in [4.69, 9.17) is 0 Å². The number of likely N-dealkylation sites (tertiary alicyclic amines) is 1. The molecule has 28 heavy (non-hydrogen) atoms. The van der Waals surface area contributed by atoms with Crippen molar-refractivity contribution in [2.24, 2.45) is 0 Å². The molecule has 0 unspecified atom stereocenters. The summed E-state index contributed by atoms with van der Waals surface area (Å²) in [5, 5.41) is 0. The van der Waals surface area contributed by atoms with Crippen LogP contribution in [0.1, 0.15) is 18.4 Å². The molecule has 3 rings (SSSR count). The molecule has 6 nitrogen and oxygen atoms in total. The molecule has 1 aliphatic heterocycles. The summed E-state index contributed by atoms with van der Waals surface area (Å²) in [6.07, 6.45) is 1.90. The molecule has 1 saturated heterocycles. The van der Waals surface area contributed by atoms with Crippen molar-refractivity contribution < 1.29 is 18.0 Å². The van der Waals surface area contributed by atoms with Gasteiger partial charge in [0.25, 0.3) is 10.0 Å². The van der Waals surface area contributed by atoms with E-state index in [1.165, 1.54) is 18.2 Å². The summed E-state index contributed by atoms with van der Waals surface area (Å²) in [5.41, 5.74) is -0.289. The van der Waals surface area contributed by atoms with Gasteiger partial charge in [0.05, 0.1) is 10.3 Å². The molecule has 1 N–H and O–H groups in total. The third-order valence-corrected chi connectivity index (χ3v) is 6.49. The molecule has 1 aliphatic rings. The van der Waals surface area contributed by atoms with Gasteiger partial charge in [0.1, 0.15) is 0 Å². The Morgan fingerprint density at radius 2 is 1.50 bits per heavy atom. The average Bonchev–Trinajstić information content (AvgIpc) is 2.74. The van der Waals surface area contributed by atoms with Crippen LogP contribution in [0.3, 0.4) is 0 Å². The summed E-state index contributed by atoms with van der Waals surface area (Å²) in [6.45, 7) is 4.19. The topological polar surface area (TPSA) is 83.6 Å². The SMILES string of the molecule is C=CC(=O)N1CCC(C(=O)NS(=O)(=O)c2ccccc2)(c2ccccc2)CC1. The van der Waals surface area contributed by atoms with Gasteiger partial charge in [-0.1, -0.05) is 55.1 Å². The summed E-state index contributed by atoms with van der Waals surface area (Å²) < 4.78 is 27.6. The zero-order chi connectivity index (χ0) is 20.2. The highest BCUT2D eigenvalue weighted by Gasteiger charge is 2.44. The number of carbonyl (C=O) groups is 2. The van der Waals surface area contributed by atoms with Crippen molar-refractivity contribution in [1.29, 1.82) is 0 Å². The van der Waals surface area contributed by atoms with Gasteiger partial charge in [-0.05, 0) is 36.6 Å². The molecule has 1 heterocycles. The first-order valence-corrected chi connectivity index (χ1v) is 10.5. The standard InChI is InChI=1S/C21H22N2O4S/c1-2-19(24)23-15-13-21(14-16-23,17-9-5-3-6-10-17)20(25)22-28(26,27)18-11-7-4-8-12-18/h2-12H,1,13-16H2,(H,22,25). The lowest BCUT2D eigenvalue weighted by atomic mass is 9.72. The van der Waals surface area contributed by atoms with Crippen LogP contribution in [0.25, 0.3) is 0 Å². The van der Waals surface area contributed by atoms with E-state index < -0.39 is 21.3 Å². The van der Waals surface area contributed by atoms with Crippen molar-refractivity contribution >= 4 is 21.8 Å². The van der Waals surface area contributed by atoms with Gasteiger partial charge in [0, 0.05) is 13.1 Å². The normalized spacial score (nSPS) is 16.2. The summed E-state index contributed by atoms with van der Waals surface area (Å²) >= 11 is 0. The highest BCUT2D eigenvalue weighted by atomic mass is 32.2. The minimum atomic E-state index is -3.99. The number of nitrogens with one attached hydrogen (secondary N) is 1. The lowest BCUT2D eigenvalue weighted by Gasteiger charge is -2.40. The number of hydrogen-bond acceptors (Lipinski definition) is 4. The zero-order valence-corrected chi connectivity index (χ0v) is 16.2. The fraction of sp³-hybridized carbons (Fsp3) is 0.238. The maximum Gasteiger partial charge on any atom is 0.264 e. The molecule has 0 aliphatic carbocycles. The molecule has 2 aromatic carbocycles. The van der Waals surface area contributed by atoms with Crippen LogP contribution in [0.15, 0.2) is 78.2 Å². The van der Waals surface area contributed by atoms with Crippen LogP contribution in [0.2, 0.25) is 0 Å². The first-order chi connectivity index (χ1) is 13.4. The van der Waals surface area contributed by atoms with Crippen LogP contribution in [-0.4, -0.2) is 38.2 Å². The van der Waals surface area contributed by atoms with Crippen molar-refractivity contribution in [2.75, 3.05) is 13.1 Å². The van der Waals surface area contributed by atoms with Gasteiger partial charge < -0.3 is 4.90 Å². The number of nitrogens with zero attached hydrogens (tertiary/aromatic N) is 1. The molecular formula is C21H22N2O4S. The molecule has 2 aromatic rings. The molecule has 0 spiro atoms. The molecule has 1 fully saturated rings. The average molecular weight is 398 g/mol. The van der Waals surface area contributed by atoms with E-state index in [0.29, 0.717) is 25.9 Å². The van der Waals surface area contributed by atoms with E-state index in [1.54, 1.807) is 23.1 Å². The molecule has 0 bridgehead atoms. The fourth-order valence-corrected chi connectivity index (χ4v) is 4.59. The highest BCUT2D eigenvalue weighted by Crippen LogP contribution is 2.36. The Labute approximate surface area is 164 Å². The predicted octanol–water partition coefficient (Wildman–Crippen LogP) is 2.24. The monoisotopic (exact) mass is 398 g/mol. The van der Waals surface area contributed by atoms with Crippen LogP contribution in [0.5, 0.6) is 0 Å². The van der Waals surface area contributed by atoms with Crippen molar-refractivity contribution in [2.45, 2.75) is 23.2 Å². The number of amides is 2. The Morgan fingerprint density at radius 1 is 0.964 bits per heavy atom. The first kappa shape index (κ1) is 19.8. The van der Waals surface area contributed by atoms with E-state index in [0.717, 1.165) is 5.56 Å². The minimum absolute atomic E-state index is 0.0332. The third kappa shape index (κ3) is 3.84. The van der Waals surface area contributed by atoms with Gasteiger partial charge in [-0.3, -0.25) is 9.59 Å². The molecule has 0 radical (unpaired) electrons. The Bertz CT molecular complexity index is 964. The summed E-state index contributed by atoms with van der Waals surface area (Å²) in [4.78, 5) is 26.8. The van der Waals surface area contributed by atoms with Gasteiger partial charge in [0.2, 0.25) is 11.8 Å². The Morgan fingerprint density at radius 3 is 2.04 bits per heavy atom. The molecule has 146 valence electrons. The van der Waals surface area contributed by atoms with Crippen LogP contribution in [0, 0.1) is 0 Å². The Kier molecular flexibility index (Phi) is 5.65. The van der Waals surface area contributed by atoms with Crippen molar-refractivity contribution in [3.05, 3.63) is 78.9 Å². The van der Waals surface area contributed by atoms with Crippen molar-refractivity contribution in [3.63, 3.8) is 0 Å². The molecule has 0 saturated carbocycles. The number of hydrogen-bond donors (Lipinski definition) is 1. The summed E-state index contributed by atoms with van der Waals surface area (Å²) in [5.74, 6) is -0.771. The van der Waals surface area contributed by atoms with Crippen molar-refractivity contribution in [1.82, 2.24) is 9.62 Å². The lowest BCUT2D eigenvalue weighted by Crippen LogP contribution is -2.53. The minimum Gasteiger partial charge on any atom is -0.339 e. The lowest BCUT2D eigenvalue weighted by molar-refractivity contribution is -0.132. The number of rotatable bonds is 5. The van der Waals surface area contributed by atoms with Gasteiger partial charge >= 0.3 is 0 Å². The second kappa shape index (κ2) is 7.98. The van der Waals surface area contributed by atoms with Crippen LogP contribution in [0.4, 0.5) is 0 Å². The Balaban J connectivity index is 1.91. The van der Waals surface area contributed by atoms with Crippen LogP contribution in [-0.2, 0) is 25.0 Å². The summed E-state index contributed by atoms with van der Waals surface area (Å²) in [7, 11) is -3.99. The predicted molar refractivity (Wildman–Crippen MR) is 106 cm³/mol. The smallest absolute Gasteiger partial charge is 0.264 e. The highest BCUT2D eigenvalue weighted by molar-refractivity contribution is 7.90. The largest absolute Gasteiger partial charge is 0.339 e. The second-order valence-corrected chi connectivity index (χ2v) is 8.41. The number of piperidine rings is 1. The van der Waals surface area contributed by atoms with Gasteiger partial charge in [-0.15, -0.1) is 0 Å². The molecule has 0 aromatic heterocycles. The van der Waals surface area contributed by atoms with E-state index >= 15 is 0 Å². The third-order valence-electron chi connectivity index (χ3n) is 5.14. The maximum absolute atomic E-state index is 13.2. The Hall–Kier alpha value is -2.93. The van der Waals surface area contributed by atoms with Gasteiger partial charge in [-0.25, -0.2) is 13.1 Å². The number of carbonyl (C=O) groups excluding carboxylic acids is 2. The van der Waals surface area contributed by atoms with Gasteiger partial charge in [0.15, 0.2) is 0 Å². The van der Waals surface area contributed by atoms with Crippen LogP contribution < -0.4 is 4.72 Å². The number of sulfonamides is 1. The fourth-order valence-electron chi connectivity index (χ4n) is 3.52. The molecular weight excluding hydrogens is 376 g/mol. The zero-order valence-electron chi connectivity index (χ0n) is 15.4. The van der Waals surface area contributed by atoms with E-state index in [9.17, 15) is 18.0 Å². The maximum atomic E-state index is 13.2. The van der Waals surface area contributed by atoms with Crippen LogP contribution >= 0.6 is 0 Å². The quantitative estimate of drug-likeness (QED) is 0.783. The van der Waals surface area contributed by atoms with E-state index in [1.807, 2.05) is 30.3 Å². The summed E-state index contributed by atoms with van der Waals surface area (Å²) in [6, 6.07) is 16.9. The molecule has 0 atom stereocenters.